The Morgan fingerprint density at radius 3 is 1.17 bits per heavy atom. The van der Waals surface area contributed by atoms with Crippen molar-refractivity contribution in [2.75, 3.05) is 0 Å². The average Bonchev–Trinajstić information content (AvgIpc) is 2.74. The summed E-state index contributed by atoms with van der Waals surface area (Å²) in [7, 11) is 0. The predicted molar refractivity (Wildman–Crippen MR) is 79.9 cm³/mol. The van der Waals surface area contributed by atoms with Gasteiger partial charge in [0.25, 0.3) is 0 Å². The van der Waals surface area contributed by atoms with E-state index in [1.165, 1.54) is 0 Å². The largest absolute Gasteiger partial charge is 0.446 e. The molecular formula is C16H27NO. The molecule has 2 nitrogen and oxygen atoms in total. The van der Waals surface area contributed by atoms with Crippen LogP contribution in [0.25, 0.3) is 0 Å². The zero-order chi connectivity index (χ0) is 14.4. The molecule has 0 aliphatic rings. The van der Waals surface area contributed by atoms with Gasteiger partial charge in [-0.15, -0.1) is 0 Å². The topological polar surface area (TPSA) is 26.0 Å². The Morgan fingerprint density at radius 1 is 0.722 bits per heavy atom. The van der Waals surface area contributed by atoms with E-state index < -0.39 is 0 Å². The standard InChI is InChI=1S/C6H9NO.C6H6.2C2H6/c1-4-5(2)8-6(3)7-4;1-2-4-6-5-3-1;2*1-2/h1-3H3;1-6H;2*1-2H3. The fourth-order valence-electron chi connectivity index (χ4n) is 1.02. The van der Waals surface area contributed by atoms with Crippen molar-refractivity contribution >= 4 is 0 Å². The van der Waals surface area contributed by atoms with Gasteiger partial charge in [-0.25, -0.2) is 4.98 Å². The molecule has 2 aromatic rings. The number of nitrogens with zero attached hydrogens (tertiary/aromatic N) is 1. The van der Waals surface area contributed by atoms with Crippen LogP contribution in [0.5, 0.6) is 0 Å². The highest BCUT2D eigenvalue weighted by molar-refractivity contribution is 5.04. The summed E-state index contributed by atoms with van der Waals surface area (Å²) < 4.78 is 5.10. The highest BCUT2D eigenvalue weighted by Gasteiger charge is 1.97. The second-order valence-corrected chi connectivity index (χ2v) is 3.03. The van der Waals surface area contributed by atoms with Gasteiger partial charge in [0.05, 0.1) is 5.69 Å². The molecule has 102 valence electrons. The molecule has 1 aromatic carbocycles. The van der Waals surface area contributed by atoms with Crippen molar-refractivity contribution in [3.8, 4) is 0 Å². The van der Waals surface area contributed by atoms with Gasteiger partial charge in [0, 0.05) is 6.92 Å². The fraction of sp³-hybridized carbons (Fsp3) is 0.438. The molecule has 0 atom stereocenters. The monoisotopic (exact) mass is 249 g/mol. The van der Waals surface area contributed by atoms with E-state index in [-0.39, 0.29) is 0 Å². The highest BCUT2D eigenvalue weighted by atomic mass is 16.4. The van der Waals surface area contributed by atoms with E-state index in [1.54, 1.807) is 0 Å². The van der Waals surface area contributed by atoms with Crippen LogP contribution in [0.1, 0.15) is 45.0 Å². The van der Waals surface area contributed by atoms with Gasteiger partial charge in [-0.2, -0.15) is 0 Å². The summed E-state index contributed by atoms with van der Waals surface area (Å²) in [4.78, 5) is 4.04. The fourth-order valence-corrected chi connectivity index (χ4v) is 1.02. The molecule has 0 spiro atoms. The lowest BCUT2D eigenvalue weighted by Gasteiger charge is -1.77. The minimum Gasteiger partial charge on any atom is -0.446 e. The summed E-state index contributed by atoms with van der Waals surface area (Å²) in [6.45, 7) is 13.7. The highest BCUT2D eigenvalue weighted by Crippen LogP contribution is 2.05. The van der Waals surface area contributed by atoms with Gasteiger partial charge in [0.1, 0.15) is 5.76 Å². The molecule has 2 rings (SSSR count). The van der Waals surface area contributed by atoms with Gasteiger partial charge in [-0.3, -0.25) is 0 Å². The minimum absolute atomic E-state index is 0.750. The van der Waals surface area contributed by atoms with Crippen molar-refractivity contribution in [1.82, 2.24) is 4.98 Å². The van der Waals surface area contributed by atoms with E-state index in [0.717, 1.165) is 17.3 Å². The molecule has 0 amide bonds. The Kier molecular flexibility index (Phi) is 14.1. The number of aromatic nitrogens is 1. The lowest BCUT2D eigenvalue weighted by atomic mass is 10.4. The number of hydrogen-bond acceptors (Lipinski definition) is 2. The van der Waals surface area contributed by atoms with Gasteiger partial charge in [0.2, 0.25) is 0 Å². The van der Waals surface area contributed by atoms with Crippen LogP contribution in [-0.4, -0.2) is 4.98 Å². The van der Waals surface area contributed by atoms with Crippen molar-refractivity contribution < 1.29 is 4.42 Å². The third-order valence-corrected chi connectivity index (χ3v) is 1.80. The van der Waals surface area contributed by atoms with E-state index in [0.29, 0.717) is 0 Å². The SMILES string of the molecule is CC.CC.Cc1nc(C)c(C)o1.c1ccccc1. The molecule has 0 saturated carbocycles. The van der Waals surface area contributed by atoms with Crippen LogP contribution in [0.15, 0.2) is 40.8 Å². The molecule has 18 heavy (non-hydrogen) atoms. The zero-order valence-corrected chi connectivity index (χ0v) is 12.8. The molecule has 0 unspecified atom stereocenters. The van der Waals surface area contributed by atoms with Gasteiger partial charge >= 0.3 is 0 Å². The summed E-state index contributed by atoms with van der Waals surface area (Å²) in [5.41, 5.74) is 0.988. The molecule has 0 radical (unpaired) electrons. The molecule has 1 heterocycles. The summed E-state index contributed by atoms with van der Waals surface area (Å²) >= 11 is 0. The van der Waals surface area contributed by atoms with Crippen molar-refractivity contribution in [3.63, 3.8) is 0 Å². The predicted octanol–water partition coefficient (Wildman–Crippen LogP) is 5.34. The zero-order valence-electron chi connectivity index (χ0n) is 12.8. The maximum atomic E-state index is 5.10. The molecule has 1 aromatic heterocycles. The van der Waals surface area contributed by atoms with Crippen molar-refractivity contribution in [3.05, 3.63) is 53.7 Å². The molecule has 0 saturated heterocycles. The van der Waals surface area contributed by atoms with Gasteiger partial charge in [-0.05, 0) is 13.8 Å². The normalized spacial score (nSPS) is 7.72. The minimum atomic E-state index is 0.750. The number of benzene rings is 1. The second-order valence-electron chi connectivity index (χ2n) is 3.03. The van der Waals surface area contributed by atoms with Crippen LogP contribution >= 0.6 is 0 Å². The molecule has 0 fully saturated rings. The Balaban J connectivity index is 0. The van der Waals surface area contributed by atoms with Crippen molar-refractivity contribution in [2.24, 2.45) is 0 Å². The van der Waals surface area contributed by atoms with Crippen molar-refractivity contribution in [1.29, 1.82) is 0 Å². The quantitative estimate of drug-likeness (QED) is 0.630. The maximum Gasteiger partial charge on any atom is 0.191 e. The smallest absolute Gasteiger partial charge is 0.191 e. The second kappa shape index (κ2) is 13.5. The molecule has 2 heteroatoms. The number of hydrogen-bond donors (Lipinski definition) is 0. The number of oxazole rings is 1. The van der Waals surface area contributed by atoms with E-state index in [2.05, 4.69) is 4.98 Å². The first-order chi connectivity index (χ1) is 8.70. The van der Waals surface area contributed by atoms with E-state index in [1.807, 2.05) is 84.9 Å². The molecule has 0 aliphatic heterocycles. The Hall–Kier alpha value is -1.57. The summed E-state index contributed by atoms with van der Waals surface area (Å²) in [6.07, 6.45) is 0. The van der Waals surface area contributed by atoms with Gasteiger partial charge in [-0.1, -0.05) is 64.1 Å². The van der Waals surface area contributed by atoms with Crippen LogP contribution in [0.2, 0.25) is 0 Å². The number of aryl methyl sites for hydroxylation is 3. The summed E-state index contributed by atoms with van der Waals surface area (Å²) in [5, 5.41) is 0. The molecule has 0 aliphatic carbocycles. The van der Waals surface area contributed by atoms with E-state index >= 15 is 0 Å². The van der Waals surface area contributed by atoms with Gasteiger partial charge < -0.3 is 4.42 Å². The first kappa shape index (κ1) is 18.8. The van der Waals surface area contributed by atoms with Crippen LogP contribution < -0.4 is 0 Å². The Labute approximate surface area is 112 Å². The van der Waals surface area contributed by atoms with E-state index in [9.17, 15) is 0 Å². The lowest BCUT2D eigenvalue weighted by Crippen LogP contribution is -1.71. The third-order valence-electron chi connectivity index (χ3n) is 1.80. The number of rotatable bonds is 0. The lowest BCUT2D eigenvalue weighted by molar-refractivity contribution is 0.493. The van der Waals surface area contributed by atoms with Crippen LogP contribution in [0, 0.1) is 20.8 Å². The summed E-state index contributed by atoms with van der Waals surface area (Å²) in [6, 6.07) is 12.0. The van der Waals surface area contributed by atoms with Crippen LogP contribution in [0.4, 0.5) is 0 Å². The maximum absolute atomic E-state index is 5.10. The molecule has 0 bridgehead atoms. The molecule has 0 N–H and O–H groups in total. The van der Waals surface area contributed by atoms with Crippen LogP contribution in [-0.2, 0) is 0 Å². The van der Waals surface area contributed by atoms with Crippen molar-refractivity contribution in [2.45, 2.75) is 48.5 Å². The first-order valence-electron chi connectivity index (χ1n) is 6.61. The summed E-state index contributed by atoms with van der Waals surface area (Å²) in [5.74, 6) is 1.67. The van der Waals surface area contributed by atoms with E-state index in [4.69, 9.17) is 4.42 Å². The molecular weight excluding hydrogens is 222 g/mol. The first-order valence-corrected chi connectivity index (χ1v) is 6.61. The Morgan fingerprint density at radius 2 is 1.06 bits per heavy atom. The third kappa shape index (κ3) is 9.64. The Bertz CT molecular complexity index is 320. The van der Waals surface area contributed by atoms with Gasteiger partial charge in [0.15, 0.2) is 5.89 Å². The van der Waals surface area contributed by atoms with Crippen LogP contribution in [0.3, 0.4) is 0 Å². The average molecular weight is 249 g/mol.